The molecule has 1 atom stereocenters. The van der Waals surface area contributed by atoms with Crippen molar-refractivity contribution in [1.82, 2.24) is 15.1 Å². The number of carbonyl (C=O) groups is 1. The summed E-state index contributed by atoms with van der Waals surface area (Å²) in [4.78, 5) is 17.1. The molecule has 3 heterocycles. The Morgan fingerprint density at radius 3 is 3.04 bits per heavy atom. The maximum Gasteiger partial charge on any atom is 0.228 e. The standard InChI is InChI=1S/C20H26N4O/c1-15-13-18(22-21-15)17-6-4-10-23(14-17)11-9-20(25)24-12-8-16-5-2-3-7-19(16)24/h2-3,5,7,13,17H,4,6,8-12,14H2,1H3,(H,21,22)/t17-/m1/s1. The first kappa shape index (κ1) is 16.3. The molecule has 5 nitrogen and oxygen atoms in total. The Morgan fingerprint density at radius 1 is 1.32 bits per heavy atom. The molecular weight excluding hydrogens is 312 g/mol. The summed E-state index contributed by atoms with van der Waals surface area (Å²) in [6.07, 6.45) is 3.94. The summed E-state index contributed by atoms with van der Waals surface area (Å²) >= 11 is 0. The monoisotopic (exact) mass is 338 g/mol. The number of hydrogen-bond acceptors (Lipinski definition) is 3. The van der Waals surface area contributed by atoms with Crippen molar-refractivity contribution in [2.45, 2.75) is 38.5 Å². The van der Waals surface area contributed by atoms with E-state index in [4.69, 9.17) is 0 Å². The van der Waals surface area contributed by atoms with E-state index in [2.05, 4.69) is 39.4 Å². The van der Waals surface area contributed by atoms with Gasteiger partial charge >= 0.3 is 0 Å². The van der Waals surface area contributed by atoms with Gasteiger partial charge in [-0.05, 0) is 50.4 Å². The van der Waals surface area contributed by atoms with Crippen LogP contribution in [0.25, 0.3) is 0 Å². The SMILES string of the molecule is Cc1cc([C@@H]2CCCN(CCC(=O)N3CCc4ccccc43)C2)n[nH]1. The van der Waals surface area contributed by atoms with Crippen LogP contribution in [0.3, 0.4) is 0 Å². The van der Waals surface area contributed by atoms with Gasteiger partial charge in [0.2, 0.25) is 5.91 Å². The van der Waals surface area contributed by atoms with Gasteiger partial charge in [0.15, 0.2) is 0 Å². The van der Waals surface area contributed by atoms with E-state index in [-0.39, 0.29) is 5.91 Å². The Labute approximate surface area is 149 Å². The number of H-pyrrole nitrogens is 1. The predicted molar refractivity (Wildman–Crippen MR) is 98.9 cm³/mol. The molecule has 0 spiro atoms. The number of para-hydroxylation sites is 1. The number of hydrogen-bond donors (Lipinski definition) is 1. The molecule has 0 bridgehead atoms. The Kier molecular flexibility index (Phi) is 4.57. The number of fused-ring (bicyclic) bond motifs is 1. The fourth-order valence-corrected chi connectivity index (χ4v) is 4.13. The molecule has 4 rings (SSSR count). The van der Waals surface area contributed by atoms with E-state index in [1.165, 1.54) is 24.1 Å². The van der Waals surface area contributed by atoms with Gasteiger partial charge in [-0.3, -0.25) is 9.89 Å². The van der Waals surface area contributed by atoms with E-state index in [0.29, 0.717) is 12.3 Å². The van der Waals surface area contributed by atoms with Crippen molar-refractivity contribution in [3.05, 3.63) is 47.3 Å². The molecule has 2 aliphatic rings. The quantitative estimate of drug-likeness (QED) is 0.933. The number of aromatic nitrogens is 2. The minimum absolute atomic E-state index is 0.252. The second-order valence-corrected chi connectivity index (χ2v) is 7.29. The van der Waals surface area contributed by atoms with Crippen molar-refractivity contribution >= 4 is 11.6 Å². The Morgan fingerprint density at radius 2 is 2.20 bits per heavy atom. The summed E-state index contributed by atoms with van der Waals surface area (Å²) in [7, 11) is 0. The number of aryl methyl sites for hydroxylation is 1. The van der Waals surface area contributed by atoms with E-state index < -0.39 is 0 Å². The third-order valence-corrected chi connectivity index (χ3v) is 5.48. The average Bonchev–Trinajstić information content (AvgIpc) is 3.26. The molecule has 0 saturated carbocycles. The minimum Gasteiger partial charge on any atom is -0.312 e. The van der Waals surface area contributed by atoms with Crippen molar-refractivity contribution in [2.24, 2.45) is 0 Å². The molecule has 132 valence electrons. The van der Waals surface area contributed by atoms with Gasteiger partial charge in [-0.2, -0.15) is 5.10 Å². The largest absolute Gasteiger partial charge is 0.312 e. The highest BCUT2D eigenvalue weighted by molar-refractivity contribution is 5.95. The number of carbonyl (C=O) groups excluding carboxylic acids is 1. The minimum atomic E-state index is 0.252. The first-order valence-corrected chi connectivity index (χ1v) is 9.33. The van der Waals surface area contributed by atoms with Crippen LogP contribution >= 0.6 is 0 Å². The fraction of sp³-hybridized carbons (Fsp3) is 0.500. The van der Waals surface area contributed by atoms with Crippen LogP contribution in [-0.2, 0) is 11.2 Å². The second-order valence-electron chi connectivity index (χ2n) is 7.29. The summed E-state index contributed by atoms with van der Waals surface area (Å²) < 4.78 is 0. The van der Waals surface area contributed by atoms with Gasteiger partial charge in [-0.15, -0.1) is 0 Å². The van der Waals surface area contributed by atoms with Crippen molar-refractivity contribution in [3.8, 4) is 0 Å². The number of benzene rings is 1. The van der Waals surface area contributed by atoms with Gasteiger partial charge in [0.05, 0.1) is 5.69 Å². The van der Waals surface area contributed by atoms with Crippen molar-refractivity contribution in [1.29, 1.82) is 0 Å². The van der Waals surface area contributed by atoms with Crippen LogP contribution < -0.4 is 4.90 Å². The van der Waals surface area contributed by atoms with Crippen LogP contribution in [0.4, 0.5) is 5.69 Å². The molecule has 0 aliphatic carbocycles. The molecule has 1 saturated heterocycles. The molecular formula is C20H26N4O. The first-order chi connectivity index (χ1) is 12.2. The normalized spacial score (nSPS) is 20.7. The first-order valence-electron chi connectivity index (χ1n) is 9.33. The predicted octanol–water partition coefficient (Wildman–Crippen LogP) is 2.88. The van der Waals surface area contributed by atoms with Gasteiger partial charge in [0.25, 0.3) is 0 Å². The van der Waals surface area contributed by atoms with Gasteiger partial charge in [0, 0.05) is 43.4 Å². The molecule has 0 radical (unpaired) electrons. The van der Waals surface area contributed by atoms with E-state index >= 15 is 0 Å². The lowest BCUT2D eigenvalue weighted by Gasteiger charge is -2.32. The van der Waals surface area contributed by atoms with E-state index in [0.717, 1.165) is 44.0 Å². The molecule has 1 aromatic carbocycles. The van der Waals surface area contributed by atoms with Gasteiger partial charge in [-0.25, -0.2) is 0 Å². The number of aromatic amines is 1. The van der Waals surface area contributed by atoms with Crippen molar-refractivity contribution in [3.63, 3.8) is 0 Å². The Hall–Kier alpha value is -2.14. The number of anilines is 1. The maximum absolute atomic E-state index is 12.7. The van der Waals surface area contributed by atoms with Crippen LogP contribution in [0.2, 0.25) is 0 Å². The van der Waals surface area contributed by atoms with Gasteiger partial charge in [-0.1, -0.05) is 18.2 Å². The zero-order valence-electron chi connectivity index (χ0n) is 14.9. The average molecular weight is 338 g/mol. The number of rotatable bonds is 4. The molecule has 2 aliphatic heterocycles. The van der Waals surface area contributed by atoms with Gasteiger partial charge < -0.3 is 9.80 Å². The lowest BCUT2D eigenvalue weighted by molar-refractivity contribution is -0.118. The Balaban J connectivity index is 1.33. The van der Waals surface area contributed by atoms with Crippen LogP contribution in [0, 0.1) is 6.92 Å². The number of amides is 1. The molecule has 1 N–H and O–H groups in total. The molecule has 0 unspecified atom stereocenters. The van der Waals surface area contributed by atoms with Crippen LogP contribution in [0.1, 0.15) is 42.1 Å². The highest BCUT2D eigenvalue weighted by Crippen LogP contribution is 2.29. The number of likely N-dealkylation sites (tertiary alicyclic amines) is 1. The third-order valence-electron chi connectivity index (χ3n) is 5.48. The highest BCUT2D eigenvalue weighted by Gasteiger charge is 2.26. The van der Waals surface area contributed by atoms with Crippen LogP contribution in [0.5, 0.6) is 0 Å². The van der Waals surface area contributed by atoms with E-state index in [1.807, 2.05) is 17.9 Å². The van der Waals surface area contributed by atoms with Crippen molar-refractivity contribution < 1.29 is 4.79 Å². The zero-order chi connectivity index (χ0) is 17.2. The summed E-state index contributed by atoms with van der Waals surface area (Å²) in [5.41, 5.74) is 4.69. The third kappa shape index (κ3) is 3.47. The second kappa shape index (κ2) is 7.00. The maximum atomic E-state index is 12.7. The van der Waals surface area contributed by atoms with Gasteiger partial charge in [0.1, 0.15) is 0 Å². The van der Waals surface area contributed by atoms with E-state index in [1.54, 1.807) is 0 Å². The highest BCUT2D eigenvalue weighted by atomic mass is 16.2. The summed E-state index contributed by atoms with van der Waals surface area (Å²) in [6, 6.07) is 10.4. The molecule has 2 aromatic rings. The molecule has 25 heavy (non-hydrogen) atoms. The van der Waals surface area contributed by atoms with Crippen LogP contribution in [0.15, 0.2) is 30.3 Å². The molecule has 5 heteroatoms. The number of piperidine rings is 1. The number of nitrogens with one attached hydrogen (secondary N) is 1. The summed E-state index contributed by atoms with van der Waals surface area (Å²) in [5, 5.41) is 7.48. The smallest absolute Gasteiger partial charge is 0.228 e. The zero-order valence-corrected chi connectivity index (χ0v) is 14.9. The molecule has 1 fully saturated rings. The lowest BCUT2D eigenvalue weighted by Crippen LogP contribution is -2.38. The Bertz CT molecular complexity index is 754. The summed E-state index contributed by atoms with van der Waals surface area (Å²) in [5.74, 6) is 0.740. The van der Waals surface area contributed by atoms with Crippen molar-refractivity contribution in [2.75, 3.05) is 31.1 Å². The summed E-state index contributed by atoms with van der Waals surface area (Å²) in [6.45, 7) is 5.81. The number of nitrogens with zero attached hydrogens (tertiary/aromatic N) is 3. The fourth-order valence-electron chi connectivity index (χ4n) is 4.13. The lowest BCUT2D eigenvalue weighted by atomic mass is 9.94. The molecule has 1 amide bonds. The van der Waals surface area contributed by atoms with Crippen LogP contribution in [-0.4, -0.2) is 47.2 Å². The van der Waals surface area contributed by atoms with E-state index in [9.17, 15) is 4.79 Å². The topological polar surface area (TPSA) is 52.2 Å². The molecule has 1 aromatic heterocycles.